The molecule has 1 heterocycles. The number of amides is 1. The maximum Gasteiger partial charge on any atom is 0.255 e. The fourth-order valence-electron chi connectivity index (χ4n) is 1.67. The topological polar surface area (TPSA) is 71.2 Å². The van der Waals surface area contributed by atoms with Crippen molar-refractivity contribution in [1.29, 1.82) is 0 Å². The summed E-state index contributed by atoms with van der Waals surface area (Å²) in [6.07, 6.45) is 5.61. The first-order chi connectivity index (χ1) is 7.72. The minimum Gasteiger partial charge on any atom is -0.341 e. The molecule has 0 spiro atoms. The highest BCUT2D eigenvalue weighted by atomic mass is 16.2. The van der Waals surface area contributed by atoms with Crippen LogP contribution in [0, 0.1) is 5.92 Å². The number of hydrazine groups is 1. The van der Waals surface area contributed by atoms with Gasteiger partial charge in [-0.05, 0) is 24.8 Å². The van der Waals surface area contributed by atoms with E-state index in [9.17, 15) is 4.79 Å². The molecule has 5 nitrogen and oxygen atoms in total. The minimum absolute atomic E-state index is 0.0118. The first-order valence-electron chi connectivity index (χ1n) is 5.38. The molecule has 2 rings (SSSR count). The van der Waals surface area contributed by atoms with Crippen LogP contribution >= 0.6 is 0 Å². The van der Waals surface area contributed by atoms with E-state index in [1.807, 2.05) is 7.05 Å². The van der Waals surface area contributed by atoms with E-state index in [1.165, 1.54) is 12.8 Å². The zero-order valence-corrected chi connectivity index (χ0v) is 9.31. The Morgan fingerprint density at radius 3 is 3.06 bits per heavy atom. The van der Waals surface area contributed by atoms with Gasteiger partial charge in [-0.1, -0.05) is 0 Å². The Labute approximate surface area is 94.6 Å². The number of nitrogens with one attached hydrogen (secondary N) is 1. The standard InChI is InChI=1S/C11H16N4O/c1-15(7-8-2-3-8)11(16)9-4-5-13-6-10(9)14-12/h4-6,8,14H,2-3,7,12H2,1H3. The lowest BCUT2D eigenvalue weighted by Gasteiger charge is -2.18. The zero-order chi connectivity index (χ0) is 11.5. The molecular weight excluding hydrogens is 204 g/mol. The quantitative estimate of drug-likeness (QED) is 0.583. The van der Waals surface area contributed by atoms with Crippen molar-refractivity contribution in [3.05, 3.63) is 24.0 Å². The molecule has 1 aliphatic carbocycles. The van der Waals surface area contributed by atoms with Crippen molar-refractivity contribution < 1.29 is 4.79 Å². The number of pyridine rings is 1. The van der Waals surface area contributed by atoms with Crippen LogP contribution in [0.4, 0.5) is 5.69 Å². The normalized spacial score (nSPS) is 14.6. The molecule has 1 fully saturated rings. The van der Waals surface area contributed by atoms with Gasteiger partial charge in [-0.2, -0.15) is 0 Å². The fraction of sp³-hybridized carbons (Fsp3) is 0.455. The maximum atomic E-state index is 12.1. The van der Waals surface area contributed by atoms with Gasteiger partial charge in [-0.15, -0.1) is 0 Å². The summed E-state index contributed by atoms with van der Waals surface area (Å²) in [5, 5.41) is 0. The Morgan fingerprint density at radius 1 is 1.69 bits per heavy atom. The molecule has 0 radical (unpaired) electrons. The molecule has 1 aromatic heterocycles. The van der Waals surface area contributed by atoms with Crippen LogP contribution in [0.2, 0.25) is 0 Å². The van der Waals surface area contributed by atoms with E-state index >= 15 is 0 Å². The molecular formula is C11H16N4O. The number of aromatic nitrogens is 1. The van der Waals surface area contributed by atoms with E-state index in [-0.39, 0.29) is 5.91 Å². The van der Waals surface area contributed by atoms with E-state index in [4.69, 9.17) is 5.84 Å². The van der Waals surface area contributed by atoms with Crippen molar-refractivity contribution >= 4 is 11.6 Å². The highest BCUT2D eigenvalue weighted by Gasteiger charge is 2.25. The lowest BCUT2D eigenvalue weighted by molar-refractivity contribution is 0.0789. The zero-order valence-electron chi connectivity index (χ0n) is 9.31. The molecule has 16 heavy (non-hydrogen) atoms. The lowest BCUT2D eigenvalue weighted by Crippen LogP contribution is -2.29. The van der Waals surface area contributed by atoms with Gasteiger partial charge in [-0.3, -0.25) is 15.6 Å². The van der Waals surface area contributed by atoms with E-state index < -0.39 is 0 Å². The Balaban J connectivity index is 2.11. The first-order valence-corrected chi connectivity index (χ1v) is 5.38. The minimum atomic E-state index is -0.0118. The highest BCUT2D eigenvalue weighted by Crippen LogP contribution is 2.29. The molecule has 1 saturated carbocycles. The second kappa shape index (κ2) is 4.49. The predicted octanol–water partition coefficient (Wildman–Crippen LogP) is 0.849. The van der Waals surface area contributed by atoms with Crippen molar-refractivity contribution in [2.45, 2.75) is 12.8 Å². The molecule has 3 N–H and O–H groups in total. The van der Waals surface area contributed by atoms with Gasteiger partial charge in [0.25, 0.3) is 5.91 Å². The second-order valence-corrected chi connectivity index (χ2v) is 4.19. The number of carbonyl (C=O) groups is 1. The monoisotopic (exact) mass is 220 g/mol. The summed E-state index contributed by atoms with van der Waals surface area (Å²) < 4.78 is 0. The van der Waals surface area contributed by atoms with Gasteiger partial charge in [-0.25, -0.2) is 0 Å². The maximum absolute atomic E-state index is 12.1. The van der Waals surface area contributed by atoms with Crippen LogP contribution in [0.15, 0.2) is 18.5 Å². The average Bonchev–Trinajstić information content (AvgIpc) is 3.11. The van der Waals surface area contributed by atoms with Crippen LogP contribution in [0.1, 0.15) is 23.2 Å². The Morgan fingerprint density at radius 2 is 2.44 bits per heavy atom. The van der Waals surface area contributed by atoms with Crippen LogP contribution in [0.5, 0.6) is 0 Å². The highest BCUT2D eigenvalue weighted by molar-refractivity contribution is 5.99. The Bertz CT molecular complexity index is 389. The largest absolute Gasteiger partial charge is 0.341 e. The third kappa shape index (κ3) is 2.30. The smallest absolute Gasteiger partial charge is 0.255 e. The number of nitrogens with two attached hydrogens (primary N) is 1. The third-order valence-corrected chi connectivity index (χ3v) is 2.78. The Kier molecular flexibility index (Phi) is 3.05. The summed E-state index contributed by atoms with van der Waals surface area (Å²) in [5.41, 5.74) is 3.63. The van der Waals surface area contributed by atoms with Crippen molar-refractivity contribution in [2.24, 2.45) is 11.8 Å². The third-order valence-electron chi connectivity index (χ3n) is 2.78. The van der Waals surface area contributed by atoms with Crippen LogP contribution in [-0.4, -0.2) is 29.4 Å². The molecule has 0 bridgehead atoms. The van der Waals surface area contributed by atoms with Gasteiger partial charge in [0.1, 0.15) is 0 Å². The number of rotatable bonds is 4. The van der Waals surface area contributed by atoms with Crippen molar-refractivity contribution in [2.75, 3.05) is 19.0 Å². The summed E-state index contributed by atoms with van der Waals surface area (Å²) in [4.78, 5) is 17.8. The van der Waals surface area contributed by atoms with Crippen molar-refractivity contribution in [3.63, 3.8) is 0 Å². The number of nitrogen functional groups attached to an aromatic ring is 1. The number of hydrogen-bond acceptors (Lipinski definition) is 4. The average molecular weight is 220 g/mol. The van der Waals surface area contributed by atoms with Gasteiger partial charge < -0.3 is 10.3 Å². The van der Waals surface area contributed by atoms with E-state index in [2.05, 4.69) is 10.4 Å². The summed E-state index contributed by atoms with van der Waals surface area (Å²) >= 11 is 0. The molecule has 0 aromatic carbocycles. The number of nitrogens with zero attached hydrogens (tertiary/aromatic N) is 2. The molecule has 86 valence electrons. The summed E-state index contributed by atoms with van der Waals surface area (Å²) in [5.74, 6) is 6.01. The summed E-state index contributed by atoms with van der Waals surface area (Å²) in [6, 6.07) is 1.68. The van der Waals surface area contributed by atoms with Gasteiger partial charge in [0.2, 0.25) is 0 Å². The van der Waals surface area contributed by atoms with Crippen molar-refractivity contribution in [1.82, 2.24) is 9.88 Å². The first kappa shape index (κ1) is 10.9. The van der Waals surface area contributed by atoms with Crippen LogP contribution in [0.3, 0.4) is 0 Å². The fourth-order valence-corrected chi connectivity index (χ4v) is 1.67. The summed E-state index contributed by atoms with van der Waals surface area (Å²) in [6.45, 7) is 0.825. The van der Waals surface area contributed by atoms with E-state index in [0.29, 0.717) is 17.2 Å². The van der Waals surface area contributed by atoms with Gasteiger partial charge in [0.15, 0.2) is 0 Å². The number of hydrogen-bond donors (Lipinski definition) is 2. The molecule has 0 aliphatic heterocycles. The van der Waals surface area contributed by atoms with Crippen LogP contribution in [0.25, 0.3) is 0 Å². The van der Waals surface area contributed by atoms with Gasteiger partial charge >= 0.3 is 0 Å². The SMILES string of the molecule is CN(CC1CC1)C(=O)c1ccncc1NN. The second-order valence-electron chi connectivity index (χ2n) is 4.19. The molecule has 1 aromatic rings. The van der Waals surface area contributed by atoms with Crippen molar-refractivity contribution in [3.8, 4) is 0 Å². The lowest BCUT2D eigenvalue weighted by atomic mass is 10.2. The Hall–Kier alpha value is -1.62. The van der Waals surface area contributed by atoms with Crippen LogP contribution in [-0.2, 0) is 0 Å². The molecule has 1 aliphatic rings. The molecule has 1 amide bonds. The molecule has 0 unspecified atom stereocenters. The number of carbonyl (C=O) groups excluding carboxylic acids is 1. The number of anilines is 1. The molecule has 5 heteroatoms. The summed E-state index contributed by atoms with van der Waals surface area (Å²) in [7, 11) is 1.82. The molecule has 0 saturated heterocycles. The van der Waals surface area contributed by atoms with Gasteiger partial charge in [0.05, 0.1) is 17.4 Å². The van der Waals surface area contributed by atoms with Gasteiger partial charge in [0, 0.05) is 19.8 Å². The van der Waals surface area contributed by atoms with E-state index in [1.54, 1.807) is 23.4 Å². The van der Waals surface area contributed by atoms with Crippen LogP contribution < -0.4 is 11.3 Å². The molecule has 0 atom stereocenters. The van der Waals surface area contributed by atoms with E-state index in [0.717, 1.165) is 6.54 Å². The predicted molar refractivity (Wildman–Crippen MR) is 61.7 cm³/mol.